The first kappa shape index (κ1) is 9.41. The molecule has 0 saturated carbocycles. The van der Waals surface area contributed by atoms with Crippen molar-refractivity contribution < 1.29 is 4.92 Å². The lowest BCUT2D eigenvalue weighted by Gasteiger charge is -1.97. The molecule has 0 N–H and O–H groups in total. The highest BCUT2D eigenvalue weighted by Gasteiger charge is 2.17. The van der Waals surface area contributed by atoms with Crippen LogP contribution in [0.25, 0.3) is 0 Å². The van der Waals surface area contributed by atoms with Crippen LogP contribution in [0.3, 0.4) is 0 Å². The van der Waals surface area contributed by atoms with E-state index in [2.05, 4.69) is 20.9 Å². The Morgan fingerprint density at radius 3 is 2.83 bits per heavy atom. The lowest BCUT2D eigenvalue weighted by molar-refractivity contribution is -0.390. The Morgan fingerprint density at radius 1 is 1.75 bits per heavy atom. The highest BCUT2D eigenvalue weighted by atomic mass is 79.9. The van der Waals surface area contributed by atoms with Crippen molar-refractivity contribution >= 4 is 33.3 Å². The van der Waals surface area contributed by atoms with Crippen LogP contribution < -0.4 is 0 Å². The number of rotatable bonds is 1. The van der Waals surface area contributed by atoms with E-state index in [9.17, 15) is 10.1 Å². The summed E-state index contributed by atoms with van der Waals surface area (Å²) in [5.74, 6) is -0.250. The number of nitro groups is 1. The average Bonchev–Trinajstić information content (AvgIpc) is 1.96. The van der Waals surface area contributed by atoms with Crippen molar-refractivity contribution in [3.05, 3.63) is 31.4 Å². The molecule has 0 atom stereocenters. The molecule has 0 bridgehead atoms. The van der Waals surface area contributed by atoms with Gasteiger partial charge in [-0.25, -0.2) is 0 Å². The SMILES string of the molecule is Cc1cc(Cl)nc([N+](=O)[O-])c1Br. The van der Waals surface area contributed by atoms with E-state index in [1.807, 2.05) is 0 Å². The molecule has 0 amide bonds. The molecule has 1 heterocycles. The molecule has 12 heavy (non-hydrogen) atoms. The monoisotopic (exact) mass is 250 g/mol. The van der Waals surface area contributed by atoms with E-state index >= 15 is 0 Å². The van der Waals surface area contributed by atoms with E-state index < -0.39 is 4.92 Å². The van der Waals surface area contributed by atoms with Crippen molar-refractivity contribution in [2.75, 3.05) is 0 Å². The van der Waals surface area contributed by atoms with Gasteiger partial charge >= 0.3 is 5.82 Å². The summed E-state index contributed by atoms with van der Waals surface area (Å²) in [6, 6.07) is 1.55. The summed E-state index contributed by atoms with van der Waals surface area (Å²) < 4.78 is 0.372. The van der Waals surface area contributed by atoms with Gasteiger partial charge in [-0.3, -0.25) is 0 Å². The lowest BCUT2D eigenvalue weighted by Crippen LogP contribution is -1.95. The number of hydrogen-bond donors (Lipinski definition) is 0. The molecule has 0 aromatic carbocycles. The molecule has 1 aromatic rings. The molecule has 6 heteroatoms. The minimum atomic E-state index is -0.580. The van der Waals surface area contributed by atoms with E-state index in [0.717, 1.165) is 0 Å². The third-order valence-electron chi connectivity index (χ3n) is 1.26. The third-order valence-corrected chi connectivity index (χ3v) is 2.44. The van der Waals surface area contributed by atoms with Crippen LogP contribution in [0.1, 0.15) is 5.56 Å². The number of aromatic nitrogens is 1. The fraction of sp³-hybridized carbons (Fsp3) is 0.167. The summed E-state index contributed by atoms with van der Waals surface area (Å²) >= 11 is 8.58. The molecule has 0 fully saturated rings. The Kier molecular flexibility index (Phi) is 2.64. The molecule has 0 radical (unpaired) electrons. The standard InChI is InChI=1S/C6H4BrClN2O2/c1-3-2-4(8)9-6(5(3)7)10(11)12/h2H,1H3. The summed E-state index contributed by atoms with van der Waals surface area (Å²) in [7, 11) is 0. The fourth-order valence-corrected chi connectivity index (χ4v) is 1.31. The van der Waals surface area contributed by atoms with Crippen LogP contribution in [-0.4, -0.2) is 9.91 Å². The highest BCUT2D eigenvalue weighted by Crippen LogP contribution is 2.27. The highest BCUT2D eigenvalue weighted by molar-refractivity contribution is 9.10. The topological polar surface area (TPSA) is 56.0 Å². The Hall–Kier alpha value is -0.680. The van der Waals surface area contributed by atoms with Crippen molar-refractivity contribution in [1.29, 1.82) is 0 Å². The lowest BCUT2D eigenvalue weighted by atomic mass is 10.3. The summed E-state index contributed by atoms with van der Waals surface area (Å²) in [5, 5.41) is 10.5. The normalized spacial score (nSPS) is 9.92. The molecule has 0 aliphatic rings. The van der Waals surface area contributed by atoms with Gasteiger partial charge in [0, 0.05) is 6.07 Å². The van der Waals surface area contributed by atoms with Crippen LogP contribution in [0.15, 0.2) is 10.5 Å². The molecule has 0 spiro atoms. The second-order valence-electron chi connectivity index (χ2n) is 2.16. The van der Waals surface area contributed by atoms with E-state index in [0.29, 0.717) is 10.0 Å². The summed E-state index contributed by atoms with van der Waals surface area (Å²) in [6.45, 7) is 1.71. The number of nitrogens with zero attached hydrogens (tertiary/aromatic N) is 2. The minimum absolute atomic E-state index is 0.127. The van der Waals surface area contributed by atoms with Crippen molar-refractivity contribution in [3.8, 4) is 0 Å². The van der Waals surface area contributed by atoms with Gasteiger partial charge in [0.2, 0.25) is 5.15 Å². The molecule has 64 valence electrons. The van der Waals surface area contributed by atoms with Crippen LogP contribution in [0.5, 0.6) is 0 Å². The van der Waals surface area contributed by atoms with Crippen molar-refractivity contribution in [2.24, 2.45) is 0 Å². The third kappa shape index (κ3) is 1.73. The molecule has 0 aliphatic carbocycles. The van der Waals surface area contributed by atoms with Gasteiger partial charge in [-0.15, -0.1) is 0 Å². The number of aryl methyl sites for hydroxylation is 1. The quantitative estimate of drug-likeness (QED) is 0.438. The van der Waals surface area contributed by atoms with E-state index in [1.54, 1.807) is 13.0 Å². The molecule has 1 aromatic heterocycles. The molecule has 1 rings (SSSR count). The first-order valence-electron chi connectivity index (χ1n) is 2.99. The number of halogens is 2. The van der Waals surface area contributed by atoms with Gasteiger partial charge in [-0.05, 0) is 49.9 Å². The first-order valence-corrected chi connectivity index (χ1v) is 4.16. The van der Waals surface area contributed by atoms with Gasteiger partial charge in [-0.2, -0.15) is 0 Å². The van der Waals surface area contributed by atoms with Crippen molar-refractivity contribution in [3.63, 3.8) is 0 Å². The Morgan fingerprint density at radius 2 is 2.33 bits per heavy atom. The zero-order chi connectivity index (χ0) is 9.30. The van der Waals surface area contributed by atoms with Gasteiger partial charge in [0.15, 0.2) is 0 Å². The maximum absolute atomic E-state index is 10.4. The molecule has 0 aliphatic heterocycles. The minimum Gasteiger partial charge on any atom is -0.358 e. The van der Waals surface area contributed by atoms with Crippen LogP contribution >= 0.6 is 27.5 Å². The predicted octanol–water partition coefficient (Wildman–Crippen LogP) is 2.71. The maximum Gasteiger partial charge on any atom is 0.379 e. The Balaban J connectivity index is 3.37. The van der Waals surface area contributed by atoms with Gasteiger partial charge in [-0.1, -0.05) is 0 Å². The van der Waals surface area contributed by atoms with Crippen LogP contribution in [0.2, 0.25) is 5.15 Å². The van der Waals surface area contributed by atoms with E-state index in [1.165, 1.54) is 0 Å². The largest absolute Gasteiger partial charge is 0.379 e. The van der Waals surface area contributed by atoms with Crippen LogP contribution in [0.4, 0.5) is 5.82 Å². The Labute approximate surface area is 81.8 Å². The van der Waals surface area contributed by atoms with E-state index in [4.69, 9.17) is 11.6 Å². The number of pyridine rings is 1. The predicted molar refractivity (Wildman–Crippen MR) is 48.3 cm³/mol. The summed E-state index contributed by atoms with van der Waals surface area (Å²) in [6.07, 6.45) is 0. The average molecular weight is 251 g/mol. The second kappa shape index (κ2) is 3.37. The van der Waals surface area contributed by atoms with Crippen molar-refractivity contribution in [2.45, 2.75) is 6.92 Å². The van der Waals surface area contributed by atoms with Gasteiger partial charge < -0.3 is 10.1 Å². The summed E-state index contributed by atoms with van der Waals surface area (Å²) in [5.41, 5.74) is 0.696. The van der Waals surface area contributed by atoms with Crippen molar-refractivity contribution in [1.82, 2.24) is 4.98 Å². The zero-order valence-corrected chi connectivity index (χ0v) is 8.39. The molecule has 4 nitrogen and oxygen atoms in total. The number of hydrogen-bond acceptors (Lipinski definition) is 3. The van der Waals surface area contributed by atoms with Gasteiger partial charge in [0.25, 0.3) is 0 Å². The molecular weight excluding hydrogens is 247 g/mol. The molecular formula is C6H4BrClN2O2. The fourth-order valence-electron chi connectivity index (χ4n) is 0.722. The summed E-state index contributed by atoms with van der Waals surface area (Å²) in [4.78, 5) is 13.4. The zero-order valence-electron chi connectivity index (χ0n) is 6.04. The van der Waals surface area contributed by atoms with Crippen LogP contribution in [0, 0.1) is 17.0 Å². The molecule has 0 saturated heterocycles. The molecule has 0 unspecified atom stereocenters. The van der Waals surface area contributed by atoms with Gasteiger partial charge in [0.1, 0.15) is 4.47 Å². The smallest absolute Gasteiger partial charge is 0.358 e. The first-order chi connectivity index (χ1) is 5.52. The van der Waals surface area contributed by atoms with E-state index in [-0.39, 0.29) is 11.0 Å². The van der Waals surface area contributed by atoms with Crippen LogP contribution in [-0.2, 0) is 0 Å². The van der Waals surface area contributed by atoms with Gasteiger partial charge in [0.05, 0.1) is 0 Å². The Bertz CT molecular complexity index is 343. The maximum atomic E-state index is 10.4. The second-order valence-corrected chi connectivity index (χ2v) is 3.34.